The molecule has 1 amide bonds. The lowest BCUT2D eigenvalue weighted by Gasteiger charge is -2.38. The van der Waals surface area contributed by atoms with Crippen LogP contribution in [0.25, 0.3) is 0 Å². The van der Waals surface area contributed by atoms with E-state index in [4.69, 9.17) is 11.5 Å². The van der Waals surface area contributed by atoms with Gasteiger partial charge in [0.25, 0.3) is 0 Å². The van der Waals surface area contributed by atoms with E-state index in [1.807, 2.05) is 11.0 Å². The lowest BCUT2D eigenvalue weighted by Crippen LogP contribution is -2.54. The third-order valence-corrected chi connectivity index (χ3v) is 2.67. The molecule has 1 aliphatic rings. The van der Waals surface area contributed by atoms with Crippen LogP contribution in [-0.2, 0) is 11.3 Å². The van der Waals surface area contributed by atoms with Gasteiger partial charge in [-0.1, -0.05) is 0 Å². The molecule has 0 aliphatic carbocycles. The molecule has 15 heavy (non-hydrogen) atoms. The maximum absolute atomic E-state index is 11.0. The molecule has 4 N–H and O–H groups in total. The predicted octanol–water partition coefficient (Wildman–Crippen LogP) is -0.277. The van der Waals surface area contributed by atoms with Crippen LogP contribution in [-0.4, -0.2) is 28.4 Å². The molecule has 1 aromatic heterocycles. The molecule has 0 bridgehead atoms. The van der Waals surface area contributed by atoms with Crippen molar-refractivity contribution in [1.82, 2.24) is 9.88 Å². The number of hydrogen-bond acceptors (Lipinski definition) is 4. The third-order valence-electron chi connectivity index (χ3n) is 2.67. The van der Waals surface area contributed by atoms with Gasteiger partial charge in [0.05, 0.1) is 23.6 Å². The molecule has 1 atom stereocenters. The number of nitrogens with zero attached hydrogens (tertiary/aromatic N) is 2. The average molecular weight is 206 g/mol. The molecule has 2 rings (SSSR count). The second-order valence-electron chi connectivity index (χ2n) is 3.76. The summed E-state index contributed by atoms with van der Waals surface area (Å²) in [5.74, 6) is -0.253. The number of anilines is 1. The number of nitrogens with two attached hydrogens (primary N) is 2. The van der Waals surface area contributed by atoms with Crippen LogP contribution in [0.1, 0.15) is 12.1 Å². The molecule has 1 fully saturated rings. The van der Waals surface area contributed by atoms with Crippen molar-refractivity contribution in [2.24, 2.45) is 5.73 Å². The summed E-state index contributed by atoms with van der Waals surface area (Å²) in [4.78, 5) is 17.2. The van der Waals surface area contributed by atoms with Crippen molar-refractivity contribution >= 4 is 11.6 Å². The number of amides is 1. The Balaban J connectivity index is 1.97. The number of aromatic nitrogens is 1. The number of rotatable bonds is 3. The van der Waals surface area contributed by atoms with Crippen LogP contribution in [0.15, 0.2) is 18.3 Å². The standard InChI is InChI=1S/C10H14N4O/c11-7-1-2-8(13-5-7)6-14-4-3-9(14)10(12)15/h1-2,5,9H,3-4,6,11H2,(H2,12,15). The number of primary amides is 1. The van der Waals surface area contributed by atoms with E-state index < -0.39 is 0 Å². The Hall–Kier alpha value is -1.62. The fraction of sp³-hybridized carbons (Fsp3) is 0.400. The lowest BCUT2D eigenvalue weighted by molar-refractivity contribution is -0.127. The van der Waals surface area contributed by atoms with Crippen molar-refractivity contribution in [1.29, 1.82) is 0 Å². The number of carbonyl (C=O) groups excluding carboxylic acids is 1. The monoisotopic (exact) mass is 206 g/mol. The van der Waals surface area contributed by atoms with Crippen LogP contribution < -0.4 is 11.5 Å². The molecule has 0 spiro atoms. The van der Waals surface area contributed by atoms with Gasteiger partial charge < -0.3 is 11.5 Å². The second kappa shape index (κ2) is 3.86. The zero-order chi connectivity index (χ0) is 10.8. The van der Waals surface area contributed by atoms with E-state index in [0.29, 0.717) is 12.2 Å². The molecule has 1 aromatic rings. The Morgan fingerprint density at radius 1 is 1.60 bits per heavy atom. The highest BCUT2D eigenvalue weighted by Crippen LogP contribution is 2.19. The molecule has 1 saturated heterocycles. The van der Waals surface area contributed by atoms with E-state index in [0.717, 1.165) is 18.7 Å². The summed E-state index contributed by atoms with van der Waals surface area (Å²) >= 11 is 0. The zero-order valence-corrected chi connectivity index (χ0v) is 8.39. The number of pyridine rings is 1. The first-order valence-electron chi connectivity index (χ1n) is 4.90. The van der Waals surface area contributed by atoms with E-state index >= 15 is 0 Å². The average Bonchev–Trinajstić information content (AvgIpc) is 2.14. The highest BCUT2D eigenvalue weighted by molar-refractivity contribution is 5.80. The van der Waals surface area contributed by atoms with Crippen molar-refractivity contribution in [3.63, 3.8) is 0 Å². The minimum Gasteiger partial charge on any atom is -0.397 e. The van der Waals surface area contributed by atoms with E-state index in [1.54, 1.807) is 12.3 Å². The molecule has 2 heterocycles. The van der Waals surface area contributed by atoms with Crippen LogP contribution in [0.3, 0.4) is 0 Å². The Labute approximate surface area is 88.1 Å². The smallest absolute Gasteiger partial charge is 0.234 e. The Morgan fingerprint density at radius 2 is 2.40 bits per heavy atom. The Morgan fingerprint density at radius 3 is 2.87 bits per heavy atom. The normalized spacial score (nSPS) is 20.9. The summed E-state index contributed by atoms with van der Waals surface area (Å²) in [5.41, 5.74) is 12.3. The number of hydrogen-bond donors (Lipinski definition) is 2. The van der Waals surface area contributed by atoms with Crippen molar-refractivity contribution in [2.45, 2.75) is 19.0 Å². The summed E-state index contributed by atoms with van der Waals surface area (Å²) in [6.45, 7) is 1.56. The lowest BCUT2D eigenvalue weighted by atomic mass is 10.0. The summed E-state index contributed by atoms with van der Waals surface area (Å²) in [5, 5.41) is 0. The van der Waals surface area contributed by atoms with Gasteiger partial charge in [-0.3, -0.25) is 14.7 Å². The molecule has 0 radical (unpaired) electrons. The molecule has 0 saturated carbocycles. The fourth-order valence-corrected chi connectivity index (χ4v) is 1.69. The van der Waals surface area contributed by atoms with Gasteiger partial charge >= 0.3 is 0 Å². The van der Waals surface area contributed by atoms with Crippen molar-refractivity contribution in [3.05, 3.63) is 24.0 Å². The maximum atomic E-state index is 11.0. The molecule has 5 nitrogen and oxygen atoms in total. The SMILES string of the molecule is NC(=O)C1CCN1Cc1ccc(N)cn1. The Kier molecular flexibility index (Phi) is 2.55. The van der Waals surface area contributed by atoms with Gasteiger partial charge in [-0.2, -0.15) is 0 Å². The second-order valence-corrected chi connectivity index (χ2v) is 3.76. The highest BCUT2D eigenvalue weighted by atomic mass is 16.1. The number of nitrogen functional groups attached to an aromatic ring is 1. The first-order chi connectivity index (χ1) is 7.16. The first kappa shape index (κ1) is 9.92. The molecule has 80 valence electrons. The maximum Gasteiger partial charge on any atom is 0.234 e. The predicted molar refractivity (Wildman–Crippen MR) is 56.7 cm³/mol. The summed E-state index contributed by atoms with van der Waals surface area (Å²) in [6.07, 6.45) is 2.47. The summed E-state index contributed by atoms with van der Waals surface area (Å²) < 4.78 is 0. The number of likely N-dealkylation sites (tertiary alicyclic amines) is 1. The van der Waals surface area contributed by atoms with Crippen LogP contribution in [0.5, 0.6) is 0 Å². The summed E-state index contributed by atoms with van der Waals surface area (Å²) in [7, 11) is 0. The van der Waals surface area contributed by atoms with Crippen LogP contribution in [0, 0.1) is 0 Å². The molecule has 0 aromatic carbocycles. The van der Waals surface area contributed by atoms with Gasteiger partial charge in [0.2, 0.25) is 5.91 Å². The van der Waals surface area contributed by atoms with Gasteiger partial charge in [0.15, 0.2) is 0 Å². The van der Waals surface area contributed by atoms with Gasteiger partial charge in [-0.05, 0) is 18.6 Å². The van der Waals surface area contributed by atoms with Gasteiger partial charge in [-0.25, -0.2) is 0 Å². The molecular formula is C10H14N4O. The van der Waals surface area contributed by atoms with Crippen molar-refractivity contribution in [3.8, 4) is 0 Å². The van der Waals surface area contributed by atoms with E-state index in [2.05, 4.69) is 4.98 Å². The molecule has 5 heteroatoms. The summed E-state index contributed by atoms with van der Waals surface area (Å²) in [6, 6.07) is 3.55. The molecular weight excluding hydrogens is 192 g/mol. The first-order valence-corrected chi connectivity index (χ1v) is 4.90. The van der Waals surface area contributed by atoms with Gasteiger partial charge in [0, 0.05) is 13.1 Å². The minimum atomic E-state index is -0.253. The fourth-order valence-electron chi connectivity index (χ4n) is 1.69. The number of carbonyl (C=O) groups is 1. The van der Waals surface area contributed by atoms with Crippen molar-refractivity contribution in [2.75, 3.05) is 12.3 Å². The quantitative estimate of drug-likeness (QED) is 0.712. The largest absolute Gasteiger partial charge is 0.397 e. The molecule has 1 unspecified atom stereocenters. The van der Waals surface area contributed by atoms with E-state index in [-0.39, 0.29) is 11.9 Å². The Bertz CT molecular complexity index is 362. The topological polar surface area (TPSA) is 85.2 Å². The highest BCUT2D eigenvalue weighted by Gasteiger charge is 2.32. The van der Waals surface area contributed by atoms with E-state index in [1.165, 1.54) is 0 Å². The van der Waals surface area contributed by atoms with Gasteiger partial charge in [-0.15, -0.1) is 0 Å². The van der Waals surface area contributed by atoms with Crippen LogP contribution >= 0.6 is 0 Å². The van der Waals surface area contributed by atoms with Crippen molar-refractivity contribution < 1.29 is 4.79 Å². The minimum absolute atomic E-state index is 0.121. The third kappa shape index (κ3) is 2.07. The van der Waals surface area contributed by atoms with E-state index in [9.17, 15) is 4.79 Å². The zero-order valence-electron chi connectivity index (χ0n) is 8.39. The molecule has 1 aliphatic heterocycles. The van der Waals surface area contributed by atoms with Gasteiger partial charge in [0.1, 0.15) is 0 Å². The van der Waals surface area contributed by atoms with Crippen LogP contribution in [0.4, 0.5) is 5.69 Å². The van der Waals surface area contributed by atoms with Crippen LogP contribution in [0.2, 0.25) is 0 Å².